The highest BCUT2D eigenvalue weighted by molar-refractivity contribution is 5.76. The molecule has 0 aromatic heterocycles. The van der Waals surface area contributed by atoms with Crippen molar-refractivity contribution in [1.29, 1.82) is 0 Å². The minimum absolute atomic E-state index is 0.176. The Hall–Kier alpha value is -1.07. The summed E-state index contributed by atoms with van der Waals surface area (Å²) in [7, 11) is 0. The maximum atomic E-state index is 12.9. The Morgan fingerprint density at radius 2 is 1.08 bits per heavy atom. The number of amides is 1. The summed E-state index contributed by atoms with van der Waals surface area (Å²) in [5, 5.41) is 54.0. The van der Waals surface area contributed by atoms with Crippen molar-refractivity contribution in [3.8, 4) is 0 Å². The standard InChI is InChI=1S/C42H81NO8/c1-3-5-7-9-11-13-15-17-18-20-22-24-26-28-30-32-38(46)43-35(34-50-42-41(49)40(48)39(47)37(33-44)51-42)36(45)31-29-27-25-23-21-19-16-14-12-10-8-6-4-2/h29,31,35-37,39-42,44-45,47-49H,3-28,30,32-34H2,1-2H3,(H,43,46)/b31-29+/t35-,36+,37-,39-,40+,41-,42-/m1/s1. The Labute approximate surface area is 312 Å². The third-order valence-corrected chi connectivity index (χ3v) is 10.4. The minimum Gasteiger partial charge on any atom is -0.394 e. The van der Waals surface area contributed by atoms with E-state index >= 15 is 0 Å². The van der Waals surface area contributed by atoms with Crippen molar-refractivity contribution in [2.45, 2.75) is 236 Å². The molecule has 302 valence electrons. The number of carbonyl (C=O) groups is 1. The fourth-order valence-electron chi connectivity index (χ4n) is 6.86. The van der Waals surface area contributed by atoms with Crippen molar-refractivity contribution < 1.29 is 39.8 Å². The number of unbranched alkanes of at least 4 members (excludes halogenated alkanes) is 25. The highest BCUT2D eigenvalue weighted by Gasteiger charge is 2.44. The van der Waals surface area contributed by atoms with Crippen LogP contribution in [0, 0.1) is 0 Å². The number of hydrogen-bond acceptors (Lipinski definition) is 8. The lowest BCUT2D eigenvalue weighted by molar-refractivity contribution is -0.302. The van der Waals surface area contributed by atoms with E-state index in [-0.39, 0.29) is 12.5 Å². The summed E-state index contributed by atoms with van der Waals surface area (Å²) in [6.45, 7) is 3.76. The van der Waals surface area contributed by atoms with Gasteiger partial charge in [0.25, 0.3) is 0 Å². The first kappa shape index (κ1) is 48.0. The van der Waals surface area contributed by atoms with E-state index in [1.807, 2.05) is 6.08 Å². The summed E-state index contributed by atoms with van der Waals surface area (Å²) in [5.41, 5.74) is 0. The second kappa shape index (κ2) is 33.5. The van der Waals surface area contributed by atoms with Crippen LogP contribution in [0.5, 0.6) is 0 Å². The third-order valence-electron chi connectivity index (χ3n) is 10.4. The van der Waals surface area contributed by atoms with Crippen molar-refractivity contribution in [3.63, 3.8) is 0 Å². The van der Waals surface area contributed by atoms with Gasteiger partial charge in [-0.3, -0.25) is 4.79 Å². The summed E-state index contributed by atoms with van der Waals surface area (Å²) in [4.78, 5) is 12.9. The van der Waals surface area contributed by atoms with E-state index in [1.165, 1.54) is 135 Å². The lowest BCUT2D eigenvalue weighted by Crippen LogP contribution is -2.60. The quantitative estimate of drug-likeness (QED) is 0.0283. The second-order valence-corrected chi connectivity index (χ2v) is 15.1. The highest BCUT2D eigenvalue weighted by atomic mass is 16.7. The lowest BCUT2D eigenvalue weighted by Gasteiger charge is -2.40. The SMILES string of the molecule is CCCCCCCCCCCCC/C=C/[C@H](O)[C@@H](CO[C@@H]1O[C@H](CO)[C@@H](O)[C@H](O)[C@H]1O)NC(=O)CCCCCCCCCCCCCCCCC. The van der Waals surface area contributed by atoms with Crippen LogP contribution in [-0.4, -0.2) is 87.5 Å². The molecule has 7 atom stereocenters. The maximum absolute atomic E-state index is 12.9. The molecule has 9 nitrogen and oxygen atoms in total. The molecule has 0 unspecified atom stereocenters. The van der Waals surface area contributed by atoms with E-state index < -0.39 is 49.5 Å². The molecule has 0 radical (unpaired) electrons. The fourth-order valence-corrected chi connectivity index (χ4v) is 6.86. The number of nitrogens with one attached hydrogen (secondary N) is 1. The van der Waals surface area contributed by atoms with Crippen LogP contribution in [0.3, 0.4) is 0 Å². The molecule has 1 fully saturated rings. The van der Waals surface area contributed by atoms with Gasteiger partial charge in [0.15, 0.2) is 6.29 Å². The fraction of sp³-hybridized carbons (Fsp3) is 0.929. The zero-order valence-corrected chi connectivity index (χ0v) is 32.9. The van der Waals surface area contributed by atoms with Gasteiger partial charge in [-0.25, -0.2) is 0 Å². The number of aliphatic hydroxyl groups is 5. The first-order valence-corrected chi connectivity index (χ1v) is 21.4. The Morgan fingerprint density at radius 3 is 1.53 bits per heavy atom. The predicted octanol–water partition coefficient (Wildman–Crippen LogP) is 8.17. The summed E-state index contributed by atoms with van der Waals surface area (Å²) in [6.07, 6.45) is 29.6. The Kier molecular flexibility index (Phi) is 31.5. The molecule has 9 heteroatoms. The van der Waals surface area contributed by atoms with Gasteiger partial charge in [0, 0.05) is 6.42 Å². The molecule has 0 aliphatic carbocycles. The maximum Gasteiger partial charge on any atom is 0.220 e. The van der Waals surface area contributed by atoms with Crippen LogP contribution < -0.4 is 5.32 Å². The summed E-state index contributed by atoms with van der Waals surface area (Å²) >= 11 is 0. The molecule has 0 aromatic rings. The molecule has 51 heavy (non-hydrogen) atoms. The van der Waals surface area contributed by atoms with Crippen LogP contribution >= 0.6 is 0 Å². The molecule has 1 saturated heterocycles. The van der Waals surface area contributed by atoms with E-state index in [1.54, 1.807) is 6.08 Å². The zero-order chi connectivity index (χ0) is 37.4. The monoisotopic (exact) mass is 728 g/mol. The van der Waals surface area contributed by atoms with Crippen molar-refractivity contribution >= 4 is 5.91 Å². The summed E-state index contributed by atoms with van der Waals surface area (Å²) in [6, 6.07) is -0.796. The first-order chi connectivity index (χ1) is 24.8. The van der Waals surface area contributed by atoms with E-state index in [2.05, 4.69) is 19.2 Å². The van der Waals surface area contributed by atoms with Crippen LogP contribution in [0.4, 0.5) is 0 Å². The Bertz CT molecular complexity index is 812. The molecule has 1 heterocycles. The van der Waals surface area contributed by atoms with Crippen molar-refractivity contribution in [1.82, 2.24) is 5.32 Å². The molecule has 0 aromatic carbocycles. The average molecular weight is 728 g/mol. The van der Waals surface area contributed by atoms with E-state index in [0.717, 1.165) is 38.5 Å². The number of rotatable bonds is 35. The van der Waals surface area contributed by atoms with E-state index in [4.69, 9.17) is 9.47 Å². The van der Waals surface area contributed by atoms with Crippen LogP contribution in [0.1, 0.15) is 194 Å². The van der Waals surface area contributed by atoms with Crippen LogP contribution in [0.25, 0.3) is 0 Å². The number of carbonyl (C=O) groups excluding carboxylic acids is 1. The number of ether oxygens (including phenoxy) is 2. The van der Waals surface area contributed by atoms with E-state index in [9.17, 15) is 30.3 Å². The second-order valence-electron chi connectivity index (χ2n) is 15.1. The van der Waals surface area contributed by atoms with Crippen LogP contribution in [-0.2, 0) is 14.3 Å². The molecule has 0 spiro atoms. The Balaban J connectivity index is 2.39. The molecular formula is C42H81NO8. The normalized spacial score (nSPS) is 22.1. The van der Waals surface area contributed by atoms with Gasteiger partial charge in [-0.1, -0.05) is 180 Å². The number of allylic oxidation sites excluding steroid dienone is 1. The largest absolute Gasteiger partial charge is 0.394 e. The van der Waals surface area contributed by atoms with Gasteiger partial charge in [-0.05, 0) is 19.3 Å². The molecule has 1 rings (SSSR count). The number of hydrogen-bond donors (Lipinski definition) is 6. The van der Waals surface area contributed by atoms with Gasteiger partial charge in [0.2, 0.25) is 5.91 Å². The molecule has 1 amide bonds. The van der Waals surface area contributed by atoms with Gasteiger partial charge < -0.3 is 40.3 Å². The van der Waals surface area contributed by atoms with E-state index in [0.29, 0.717) is 6.42 Å². The van der Waals surface area contributed by atoms with Crippen LogP contribution in [0.15, 0.2) is 12.2 Å². The van der Waals surface area contributed by atoms with Crippen LogP contribution in [0.2, 0.25) is 0 Å². The van der Waals surface area contributed by atoms with Gasteiger partial charge in [0.05, 0.1) is 25.4 Å². The van der Waals surface area contributed by atoms with Gasteiger partial charge in [-0.2, -0.15) is 0 Å². The van der Waals surface area contributed by atoms with Crippen molar-refractivity contribution in [3.05, 3.63) is 12.2 Å². The van der Waals surface area contributed by atoms with Crippen molar-refractivity contribution in [2.24, 2.45) is 0 Å². The lowest BCUT2D eigenvalue weighted by atomic mass is 9.99. The Morgan fingerprint density at radius 1 is 0.647 bits per heavy atom. The molecule has 0 saturated carbocycles. The van der Waals surface area contributed by atoms with Gasteiger partial charge >= 0.3 is 0 Å². The van der Waals surface area contributed by atoms with Gasteiger partial charge in [-0.15, -0.1) is 0 Å². The third kappa shape index (κ3) is 24.8. The van der Waals surface area contributed by atoms with Crippen molar-refractivity contribution in [2.75, 3.05) is 13.2 Å². The molecular weight excluding hydrogens is 646 g/mol. The summed E-state index contributed by atoms with van der Waals surface area (Å²) in [5.74, 6) is -0.176. The topological polar surface area (TPSA) is 149 Å². The van der Waals surface area contributed by atoms with Gasteiger partial charge in [0.1, 0.15) is 24.4 Å². The summed E-state index contributed by atoms with van der Waals surface area (Å²) < 4.78 is 11.2. The molecule has 6 N–H and O–H groups in total. The predicted molar refractivity (Wildman–Crippen MR) is 207 cm³/mol. The first-order valence-electron chi connectivity index (χ1n) is 21.4. The minimum atomic E-state index is -1.56. The number of aliphatic hydroxyl groups excluding tert-OH is 5. The smallest absolute Gasteiger partial charge is 0.220 e. The molecule has 1 aliphatic rings. The molecule has 1 aliphatic heterocycles. The highest BCUT2D eigenvalue weighted by Crippen LogP contribution is 2.22. The average Bonchev–Trinajstić information content (AvgIpc) is 3.13. The zero-order valence-electron chi connectivity index (χ0n) is 32.9. The molecule has 0 bridgehead atoms.